The first-order valence-electron chi connectivity index (χ1n) is 21.4. The van der Waals surface area contributed by atoms with E-state index in [4.69, 9.17) is 4.74 Å². The SMILES string of the molecule is CCc1cc(CC)cc(C2=C(/C=C/C(=C/[CH2][Pb])c3cc4c5c(c3[OH2+])CCCN5CCC4)CCC/C2=C\C=C2/C=[C]([Pb])Oc3c2cc2c4c3CCCN4CCC2)c1. The molecule has 2 N–H and O–H groups in total. The number of aryl methyl sites for hydroxylation is 4. The molecule has 56 heavy (non-hydrogen) atoms. The van der Waals surface area contributed by atoms with Gasteiger partial charge in [-0.1, -0.05) is 0 Å². The Hall–Kier alpha value is -2.86. The standard InChI is InChI=1S/C50H54N2O2.2Pb/c1-4-33-28-34(5-2)30-41(29-33)46-37(20-18-35(6-3)44-31-39-14-8-23-51-25-10-16-42(47(39)51)49(44)53)12-7-13-38(46)21-19-36-22-27-54-50-43-17-11-26-52-24-9-15-40(48(43)52)32-45(36)50;;/h6,18-22,28-32,53H,3-5,7-17,23-26H2,1-2H3;;/p+1/b20-18+,35-6-,36-19+,38-21+;;. The minimum absolute atomic E-state index is 0.765. The van der Waals surface area contributed by atoms with Crippen LogP contribution in [0.3, 0.4) is 0 Å². The number of fused-ring (bicyclic) bond motifs is 2. The van der Waals surface area contributed by atoms with E-state index >= 15 is 0 Å². The van der Waals surface area contributed by atoms with Gasteiger partial charge in [0.25, 0.3) is 0 Å². The monoisotopic (exact) mass is 1130 g/mol. The zero-order chi connectivity index (χ0) is 38.3. The van der Waals surface area contributed by atoms with E-state index < -0.39 is 0 Å². The minimum atomic E-state index is 0.765. The van der Waals surface area contributed by atoms with Crippen molar-refractivity contribution in [1.82, 2.24) is 0 Å². The van der Waals surface area contributed by atoms with Crippen LogP contribution in [0.1, 0.15) is 109 Å². The summed E-state index contributed by atoms with van der Waals surface area (Å²) < 4.78 is 8.86. The van der Waals surface area contributed by atoms with Crippen LogP contribution >= 0.6 is 0 Å². The van der Waals surface area contributed by atoms with Gasteiger partial charge in [0.2, 0.25) is 0 Å². The molecule has 9 rings (SSSR count). The van der Waals surface area contributed by atoms with E-state index in [9.17, 15) is 5.11 Å². The third-order valence-electron chi connectivity index (χ3n) is 13.1. The van der Waals surface area contributed by atoms with Crippen LogP contribution in [-0.2, 0) is 38.5 Å². The van der Waals surface area contributed by atoms with Crippen LogP contribution in [0.5, 0.6) is 11.5 Å². The molecule has 5 aliphatic heterocycles. The molecule has 284 valence electrons. The Labute approximate surface area is 366 Å². The molecule has 0 amide bonds. The van der Waals surface area contributed by atoms with Gasteiger partial charge in [0.1, 0.15) is 0 Å². The summed E-state index contributed by atoms with van der Waals surface area (Å²) in [6.07, 6.45) is 29.1. The predicted molar refractivity (Wildman–Crippen MR) is 238 cm³/mol. The molecule has 4 nitrogen and oxygen atoms in total. The molecule has 6 heteroatoms. The Morgan fingerprint density at radius 3 is 2.12 bits per heavy atom. The summed E-state index contributed by atoms with van der Waals surface area (Å²) in [5.74, 6) is 1.90. The zero-order valence-corrected chi connectivity index (χ0v) is 41.2. The molecule has 0 saturated carbocycles. The number of rotatable bonds is 8. The molecule has 0 bridgehead atoms. The van der Waals surface area contributed by atoms with Gasteiger partial charge in [0.05, 0.1) is 0 Å². The van der Waals surface area contributed by atoms with E-state index in [1.165, 1.54) is 116 Å². The van der Waals surface area contributed by atoms with E-state index in [2.05, 4.69) is 90.4 Å². The van der Waals surface area contributed by atoms with Crippen molar-refractivity contribution in [2.45, 2.75) is 101 Å². The van der Waals surface area contributed by atoms with Gasteiger partial charge in [-0.3, -0.25) is 0 Å². The molecule has 3 aromatic carbocycles. The van der Waals surface area contributed by atoms with Crippen molar-refractivity contribution >= 4 is 79.6 Å². The Balaban J connectivity index is 1.16. The maximum atomic E-state index is 9.52. The van der Waals surface area contributed by atoms with Gasteiger partial charge < -0.3 is 0 Å². The van der Waals surface area contributed by atoms with Crippen molar-refractivity contribution in [2.24, 2.45) is 0 Å². The molecule has 6 aliphatic rings. The average Bonchev–Trinajstić information content (AvgIpc) is 3.23. The van der Waals surface area contributed by atoms with Crippen LogP contribution in [0.2, 0.25) is 3.98 Å². The number of anilines is 2. The first kappa shape index (κ1) is 38.7. The molecule has 0 spiro atoms. The van der Waals surface area contributed by atoms with Crippen molar-refractivity contribution in [3.63, 3.8) is 0 Å². The fourth-order valence-electron chi connectivity index (χ4n) is 10.4. The van der Waals surface area contributed by atoms with Gasteiger partial charge in [0.15, 0.2) is 0 Å². The van der Waals surface area contributed by atoms with Crippen LogP contribution in [-0.4, -0.2) is 82.8 Å². The molecule has 0 atom stereocenters. The fourth-order valence-corrected chi connectivity index (χ4v) is 12.3. The molecule has 0 fully saturated rings. The van der Waals surface area contributed by atoms with Crippen LogP contribution in [0.15, 0.2) is 81.3 Å². The second kappa shape index (κ2) is 16.8. The number of benzene rings is 3. The molecule has 1 aliphatic carbocycles. The second-order valence-corrected chi connectivity index (χ2v) is 20.0. The van der Waals surface area contributed by atoms with Crippen molar-refractivity contribution < 1.29 is 9.84 Å². The van der Waals surface area contributed by atoms with Gasteiger partial charge in [-0.15, -0.1) is 0 Å². The predicted octanol–water partition coefficient (Wildman–Crippen LogP) is 10.2. The van der Waals surface area contributed by atoms with E-state index in [0.717, 1.165) is 153 Å². The van der Waals surface area contributed by atoms with Crippen molar-refractivity contribution in [3.8, 4) is 11.5 Å². The molecule has 0 aromatic heterocycles. The number of ether oxygens (including phenoxy) is 1. The Kier molecular flexibility index (Phi) is 11.6. The Bertz CT molecular complexity index is 2240. The fraction of sp³-hybridized carbons (Fsp3) is 0.400. The first-order chi connectivity index (χ1) is 27.4. The summed E-state index contributed by atoms with van der Waals surface area (Å²) in [5.41, 5.74) is 22.1. The Morgan fingerprint density at radius 1 is 0.768 bits per heavy atom. The summed E-state index contributed by atoms with van der Waals surface area (Å²) in [6.45, 7) is 9.22. The van der Waals surface area contributed by atoms with Gasteiger partial charge in [-0.05, 0) is 0 Å². The Morgan fingerprint density at radius 2 is 1.43 bits per heavy atom. The van der Waals surface area contributed by atoms with Gasteiger partial charge in [-0.2, -0.15) is 0 Å². The van der Waals surface area contributed by atoms with Crippen molar-refractivity contribution in [1.29, 1.82) is 0 Å². The first-order valence-corrected chi connectivity index (χ1v) is 26.1. The summed E-state index contributed by atoms with van der Waals surface area (Å²) in [6, 6.07) is 12.2. The van der Waals surface area contributed by atoms with Crippen molar-refractivity contribution in [3.05, 3.63) is 131 Å². The normalized spacial score (nSPS) is 20.6. The van der Waals surface area contributed by atoms with Gasteiger partial charge in [-0.25, -0.2) is 0 Å². The van der Waals surface area contributed by atoms with E-state index in [1.54, 1.807) is 0 Å². The number of hydrogen-bond donors (Lipinski definition) is 0. The molecule has 0 unspecified atom stereocenters. The summed E-state index contributed by atoms with van der Waals surface area (Å²) in [7, 11) is 0. The molecule has 3 aromatic rings. The van der Waals surface area contributed by atoms with Crippen LogP contribution in [0.25, 0.3) is 16.7 Å². The summed E-state index contributed by atoms with van der Waals surface area (Å²) in [4.78, 5) is 5.20. The van der Waals surface area contributed by atoms with Crippen LogP contribution < -0.4 is 14.5 Å². The molecule has 0 saturated heterocycles. The van der Waals surface area contributed by atoms with Crippen molar-refractivity contribution in [2.75, 3.05) is 36.0 Å². The van der Waals surface area contributed by atoms with Crippen LogP contribution in [0, 0.1) is 0 Å². The number of allylic oxidation sites excluding steroid dienone is 11. The quantitative estimate of drug-likeness (QED) is 0.128. The number of hydrogen-bond acceptors (Lipinski definition) is 3. The molecule has 5 heterocycles. The molecule has 6 radical (unpaired) electrons. The van der Waals surface area contributed by atoms with E-state index in [-0.39, 0.29) is 0 Å². The summed E-state index contributed by atoms with van der Waals surface area (Å²) in [5, 5.41) is 9.52. The number of nitrogens with zero attached hydrogens (tertiary/aromatic N) is 2. The molecular formula is C50H55N2O2Pb2+. The third kappa shape index (κ3) is 7.36. The van der Waals surface area contributed by atoms with E-state index in [1.807, 2.05) is 0 Å². The third-order valence-corrected chi connectivity index (χ3v) is 14.8. The summed E-state index contributed by atoms with van der Waals surface area (Å²) >= 11 is 2.00. The second-order valence-electron chi connectivity index (χ2n) is 16.5. The van der Waals surface area contributed by atoms with Crippen LogP contribution in [0.4, 0.5) is 11.4 Å². The topological polar surface area (TPSA) is 38.6 Å². The maximum absolute atomic E-state index is 9.52. The van der Waals surface area contributed by atoms with E-state index in [0.29, 0.717) is 0 Å². The zero-order valence-electron chi connectivity index (χ0n) is 33.4. The van der Waals surface area contributed by atoms with Gasteiger partial charge in [0, 0.05) is 0 Å². The molecular weight excluding hydrogens is 1070 g/mol. The average molecular weight is 1130 g/mol. The van der Waals surface area contributed by atoms with Gasteiger partial charge >= 0.3 is 370 Å².